The monoisotopic (exact) mass is 300 g/mol. The molecule has 0 atom stereocenters. The molecule has 1 amide bonds. The molecule has 0 saturated heterocycles. The predicted octanol–water partition coefficient (Wildman–Crippen LogP) is 1.58. The van der Waals surface area contributed by atoms with E-state index in [4.69, 9.17) is 0 Å². The summed E-state index contributed by atoms with van der Waals surface area (Å²) in [6, 6.07) is 5.57. The highest BCUT2D eigenvalue weighted by molar-refractivity contribution is 5.77. The molecule has 0 aliphatic heterocycles. The van der Waals surface area contributed by atoms with Gasteiger partial charge >= 0.3 is 0 Å². The first-order valence-corrected chi connectivity index (χ1v) is 7.59. The first-order chi connectivity index (χ1) is 10.7. The molecule has 3 rings (SSSR count). The van der Waals surface area contributed by atoms with E-state index in [2.05, 4.69) is 15.4 Å². The van der Waals surface area contributed by atoms with E-state index in [9.17, 15) is 9.90 Å². The van der Waals surface area contributed by atoms with E-state index in [0.717, 1.165) is 18.4 Å². The molecule has 0 aromatic carbocycles. The lowest BCUT2D eigenvalue weighted by Gasteiger charge is -2.21. The molecule has 2 aromatic rings. The molecule has 6 nitrogen and oxygen atoms in total. The van der Waals surface area contributed by atoms with Gasteiger partial charge in [-0.3, -0.25) is 4.79 Å². The van der Waals surface area contributed by atoms with Gasteiger partial charge in [-0.2, -0.15) is 5.10 Å². The van der Waals surface area contributed by atoms with Crippen LogP contribution >= 0.6 is 0 Å². The second-order valence-electron chi connectivity index (χ2n) is 5.82. The van der Waals surface area contributed by atoms with Gasteiger partial charge in [0, 0.05) is 30.7 Å². The molecular formula is C16H20N4O2. The molecule has 0 bridgehead atoms. The van der Waals surface area contributed by atoms with E-state index in [1.165, 1.54) is 0 Å². The van der Waals surface area contributed by atoms with Crippen LogP contribution in [0.25, 0.3) is 5.82 Å². The summed E-state index contributed by atoms with van der Waals surface area (Å²) >= 11 is 0. The lowest BCUT2D eigenvalue weighted by atomic mass is 9.97. The number of carbonyl (C=O) groups is 1. The second-order valence-corrected chi connectivity index (χ2v) is 5.82. The Hall–Kier alpha value is -2.21. The van der Waals surface area contributed by atoms with E-state index in [1.807, 2.05) is 24.4 Å². The SMILES string of the molecule is O=C(CC1(O)CCCC1)NCc1cccnc1-n1cccn1. The summed E-state index contributed by atoms with van der Waals surface area (Å²) < 4.78 is 1.67. The average molecular weight is 300 g/mol. The first-order valence-electron chi connectivity index (χ1n) is 7.59. The first kappa shape index (κ1) is 14.7. The smallest absolute Gasteiger partial charge is 0.223 e. The third-order valence-electron chi connectivity index (χ3n) is 4.09. The lowest BCUT2D eigenvalue weighted by Crippen LogP contribution is -2.34. The zero-order chi connectivity index (χ0) is 15.4. The van der Waals surface area contributed by atoms with Gasteiger partial charge in [-0.05, 0) is 25.0 Å². The number of rotatable bonds is 5. The van der Waals surface area contributed by atoms with E-state index in [0.29, 0.717) is 25.2 Å². The van der Waals surface area contributed by atoms with Crippen molar-refractivity contribution >= 4 is 5.91 Å². The van der Waals surface area contributed by atoms with Crippen molar-refractivity contribution in [1.29, 1.82) is 0 Å². The van der Waals surface area contributed by atoms with Gasteiger partial charge in [0.15, 0.2) is 5.82 Å². The lowest BCUT2D eigenvalue weighted by molar-refractivity contribution is -0.126. The normalized spacial score (nSPS) is 16.6. The number of aliphatic hydroxyl groups is 1. The maximum absolute atomic E-state index is 12.1. The second kappa shape index (κ2) is 6.27. The third kappa shape index (κ3) is 3.33. The Labute approximate surface area is 129 Å². The maximum atomic E-state index is 12.1. The Balaban J connectivity index is 1.63. The maximum Gasteiger partial charge on any atom is 0.223 e. The number of nitrogens with one attached hydrogen (secondary N) is 1. The fourth-order valence-electron chi connectivity index (χ4n) is 2.93. The highest BCUT2D eigenvalue weighted by atomic mass is 16.3. The minimum Gasteiger partial charge on any atom is -0.389 e. The van der Waals surface area contributed by atoms with Crippen LogP contribution < -0.4 is 5.32 Å². The summed E-state index contributed by atoms with van der Waals surface area (Å²) in [5.74, 6) is 0.576. The molecule has 1 saturated carbocycles. The molecule has 2 N–H and O–H groups in total. The molecule has 2 heterocycles. The molecule has 22 heavy (non-hydrogen) atoms. The Morgan fingerprint density at radius 2 is 2.14 bits per heavy atom. The minimum absolute atomic E-state index is 0.125. The van der Waals surface area contributed by atoms with Gasteiger partial charge in [0.05, 0.1) is 12.0 Å². The Morgan fingerprint density at radius 1 is 1.32 bits per heavy atom. The van der Waals surface area contributed by atoms with Crippen molar-refractivity contribution in [1.82, 2.24) is 20.1 Å². The van der Waals surface area contributed by atoms with Crippen molar-refractivity contribution in [2.24, 2.45) is 0 Å². The quantitative estimate of drug-likeness (QED) is 0.878. The average Bonchev–Trinajstić information content (AvgIpc) is 3.17. The number of aromatic nitrogens is 3. The summed E-state index contributed by atoms with van der Waals surface area (Å²) in [5.41, 5.74) is 0.0714. The van der Waals surface area contributed by atoms with Crippen molar-refractivity contribution in [2.75, 3.05) is 0 Å². The van der Waals surface area contributed by atoms with Crippen LogP contribution in [-0.2, 0) is 11.3 Å². The molecule has 1 aliphatic carbocycles. The van der Waals surface area contributed by atoms with Crippen LogP contribution in [0.1, 0.15) is 37.7 Å². The summed E-state index contributed by atoms with van der Waals surface area (Å²) in [6.45, 7) is 0.373. The molecule has 6 heteroatoms. The zero-order valence-electron chi connectivity index (χ0n) is 12.4. The summed E-state index contributed by atoms with van der Waals surface area (Å²) in [5, 5.41) is 17.3. The highest BCUT2D eigenvalue weighted by Crippen LogP contribution is 2.32. The fraction of sp³-hybridized carbons (Fsp3) is 0.438. The van der Waals surface area contributed by atoms with Crippen LogP contribution in [0.3, 0.4) is 0 Å². The molecule has 2 aromatic heterocycles. The van der Waals surface area contributed by atoms with Gasteiger partial charge in [-0.25, -0.2) is 9.67 Å². The van der Waals surface area contributed by atoms with Crippen molar-refractivity contribution in [3.05, 3.63) is 42.4 Å². The topological polar surface area (TPSA) is 80.0 Å². The number of pyridine rings is 1. The Bertz CT molecular complexity index is 633. The molecule has 116 valence electrons. The van der Waals surface area contributed by atoms with Crippen LogP contribution in [0.2, 0.25) is 0 Å². The van der Waals surface area contributed by atoms with Gasteiger partial charge in [0.25, 0.3) is 0 Å². The highest BCUT2D eigenvalue weighted by Gasteiger charge is 2.33. The van der Waals surface area contributed by atoms with E-state index in [-0.39, 0.29) is 12.3 Å². The van der Waals surface area contributed by atoms with Gasteiger partial charge in [-0.15, -0.1) is 0 Å². The van der Waals surface area contributed by atoms with Gasteiger partial charge in [-0.1, -0.05) is 18.9 Å². The van der Waals surface area contributed by atoms with Gasteiger partial charge in [0.2, 0.25) is 5.91 Å². The van der Waals surface area contributed by atoms with Crippen molar-refractivity contribution in [3.8, 4) is 5.82 Å². The van der Waals surface area contributed by atoms with Gasteiger partial charge in [0.1, 0.15) is 0 Å². The minimum atomic E-state index is -0.816. The molecular weight excluding hydrogens is 280 g/mol. The fourth-order valence-corrected chi connectivity index (χ4v) is 2.93. The number of hydrogen-bond donors (Lipinski definition) is 2. The number of nitrogens with zero attached hydrogens (tertiary/aromatic N) is 3. The molecule has 1 aliphatic rings. The molecule has 0 spiro atoms. The standard InChI is InChI=1S/C16H20N4O2/c21-14(11-16(22)6-1-2-7-16)18-12-13-5-3-8-17-15(13)20-10-4-9-19-20/h3-5,8-10,22H,1-2,6-7,11-12H2,(H,18,21). The Morgan fingerprint density at radius 3 is 2.86 bits per heavy atom. The van der Waals surface area contributed by atoms with Crippen molar-refractivity contribution in [2.45, 2.75) is 44.2 Å². The third-order valence-corrected chi connectivity index (χ3v) is 4.09. The van der Waals surface area contributed by atoms with Gasteiger partial charge < -0.3 is 10.4 Å². The van der Waals surface area contributed by atoms with Crippen LogP contribution in [0.4, 0.5) is 0 Å². The van der Waals surface area contributed by atoms with Crippen molar-refractivity contribution < 1.29 is 9.90 Å². The summed E-state index contributed by atoms with van der Waals surface area (Å²) in [4.78, 5) is 16.4. The Kier molecular flexibility index (Phi) is 4.20. The van der Waals surface area contributed by atoms with Crippen LogP contribution in [-0.4, -0.2) is 31.4 Å². The largest absolute Gasteiger partial charge is 0.389 e. The van der Waals surface area contributed by atoms with Crippen LogP contribution in [0.15, 0.2) is 36.8 Å². The number of carbonyl (C=O) groups excluding carboxylic acids is 1. The van der Waals surface area contributed by atoms with E-state index in [1.54, 1.807) is 17.1 Å². The number of hydrogen-bond acceptors (Lipinski definition) is 4. The van der Waals surface area contributed by atoms with E-state index >= 15 is 0 Å². The molecule has 0 radical (unpaired) electrons. The molecule has 1 fully saturated rings. The summed E-state index contributed by atoms with van der Waals surface area (Å²) in [7, 11) is 0. The van der Waals surface area contributed by atoms with Crippen LogP contribution in [0.5, 0.6) is 0 Å². The summed E-state index contributed by atoms with van der Waals surface area (Å²) in [6.07, 6.45) is 8.79. The van der Waals surface area contributed by atoms with Crippen molar-refractivity contribution in [3.63, 3.8) is 0 Å². The molecule has 0 unspecified atom stereocenters. The predicted molar refractivity (Wildman–Crippen MR) is 81.2 cm³/mol. The van der Waals surface area contributed by atoms with E-state index < -0.39 is 5.60 Å². The number of amides is 1. The van der Waals surface area contributed by atoms with Crippen LogP contribution in [0, 0.1) is 0 Å². The zero-order valence-corrected chi connectivity index (χ0v) is 12.4.